The summed E-state index contributed by atoms with van der Waals surface area (Å²) in [7, 11) is 0. The number of hydrogen-bond donors (Lipinski definition) is 0. The number of halogens is 1. The molecule has 1 nitrogen and oxygen atoms in total. The van der Waals surface area contributed by atoms with Gasteiger partial charge in [-0.3, -0.25) is 0 Å². The van der Waals surface area contributed by atoms with E-state index in [4.69, 9.17) is 0 Å². The number of aryl methyl sites for hydroxylation is 1. The maximum absolute atomic E-state index is 4.07. The molecule has 0 amide bonds. The fraction of sp³-hybridized carbons (Fsp3) is 0.500. The van der Waals surface area contributed by atoms with Crippen LogP contribution in [0.5, 0.6) is 0 Å². The summed E-state index contributed by atoms with van der Waals surface area (Å²) < 4.78 is 0.992. The normalized spacial score (nSPS) is 10.0. The zero-order valence-corrected chi connectivity index (χ0v) is 7.63. The molecule has 0 saturated heterocycles. The minimum atomic E-state index is 0.992. The van der Waals surface area contributed by atoms with Crippen molar-refractivity contribution in [3.8, 4) is 0 Å². The maximum atomic E-state index is 4.07. The second-order valence-corrected chi connectivity index (χ2v) is 4.22. The van der Waals surface area contributed by atoms with Gasteiger partial charge in [0.15, 0.2) is 3.92 Å². The minimum absolute atomic E-state index is 0.992. The van der Waals surface area contributed by atoms with Crippen molar-refractivity contribution < 1.29 is 0 Å². The van der Waals surface area contributed by atoms with Gasteiger partial charge in [-0.1, -0.05) is 13.3 Å². The van der Waals surface area contributed by atoms with E-state index in [1.54, 1.807) is 11.3 Å². The third kappa shape index (κ3) is 2.06. The average Bonchev–Trinajstić information content (AvgIpc) is 2.17. The van der Waals surface area contributed by atoms with Crippen LogP contribution in [-0.4, -0.2) is 4.98 Å². The molecule has 0 aliphatic rings. The topological polar surface area (TPSA) is 12.9 Å². The van der Waals surface area contributed by atoms with Gasteiger partial charge in [-0.25, -0.2) is 4.98 Å². The molecule has 0 atom stereocenters. The Morgan fingerprint density at radius 3 is 3.00 bits per heavy atom. The molecule has 0 saturated carbocycles. The standard InChI is InChI=1S/C6H8BrNS/c1-2-3-5-4-8-6(7)9-5/h4H,2-3H2,1H3. The van der Waals surface area contributed by atoms with Gasteiger partial charge in [0.25, 0.3) is 0 Å². The highest BCUT2D eigenvalue weighted by molar-refractivity contribution is 9.11. The highest BCUT2D eigenvalue weighted by Crippen LogP contribution is 2.19. The number of nitrogens with zero attached hydrogens (tertiary/aromatic N) is 1. The van der Waals surface area contributed by atoms with E-state index < -0.39 is 0 Å². The number of rotatable bonds is 2. The SMILES string of the molecule is CCCc1cnc(Br)s1. The highest BCUT2D eigenvalue weighted by atomic mass is 79.9. The van der Waals surface area contributed by atoms with Crippen LogP contribution in [0.15, 0.2) is 10.1 Å². The molecule has 0 aliphatic heterocycles. The zero-order chi connectivity index (χ0) is 6.69. The van der Waals surface area contributed by atoms with Gasteiger partial charge in [0.05, 0.1) is 0 Å². The first kappa shape index (κ1) is 7.22. The molecule has 1 aromatic rings. The van der Waals surface area contributed by atoms with E-state index in [0.29, 0.717) is 0 Å². The largest absolute Gasteiger partial charge is 0.237 e. The van der Waals surface area contributed by atoms with Crippen molar-refractivity contribution in [1.29, 1.82) is 0 Å². The van der Waals surface area contributed by atoms with Crippen molar-refractivity contribution >= 4 is 27.3 Å². The van der Waals surface area contributed by atoms with Crippen LogP contribution in [0.4, 0.5) is 0 Å². The minimum Gasteiger partial charge on any atom is -0.237 e. The van der Waals surface area contributed by atoms with Crippen molar-refractivity contribution in [2.24, 2.45) is 0 Å². The molecule has 50 valence electrons. The lowest BCUT2D eigenvalue weighted by molar-refractivity contribution is 0.936. The lowest BCUT2D eigenvalue weighted by atomic mass is 10.3. The smallest absolute Gasteiger partial charge is 0.159 e. The average molecular weight is 206 g/mol. The quantitative estimate of drug-likeness (QED) is 0.724. The summed E-state index contributed by atoms with van der Waals surface area (Å²) in [4.78, 5) is 5.44. The van der Waals surface area contributed by atoms with Crippen molar-refractivity contribution in [3.63, 3.8) is 0 Å². The van der Waals surface area contributed by atoms with Gasteiger partial charge in [-0.15, -0.1) is 11.3 Å². The Labute approximate surface area is 67.3 Å². The van der Waals surface area contributed by atoms with Gasteiger partial charge in [-0.2, -0.15) is 0 Å². The lowest BCUT2D eigenvalue weighted by Gasteiger charge is -1.84. The molecule has 3 heteroatoms. The van der Waals surface area contributed by atoms with Crippen LogP contribution in [0.3, 0.4) is 0 Å². The second kappa shape index (κ2) is 3.32. The third-order valence-electron chi connectivity index (χ3n) is 1.02. The van der Waals surface area contributed by atoms with Crippen molar-refractivity contribution in [2.45, 2.75) is 19.8 Å². The van der Waals surface area contributed by atoms with Gasteiger partial charge in [0.1, 0.15) is 0 Å². The van der Waals surface area contributed by atoms with E-state index in [1.807, 2.05) is 6.20 Å². The summed E-state index contributed by atoms with van der Waals surface area (Å²) in [5, 5.41) is 0. The molecule has 0 aromatic carbocycles. The van der Waals surface area contributed by atoms with E-state index in [2.05, 4.69) is 27.8 Å². The summed E-state index contributed by atoms with van der Waals surface area (Å²) in [6.45, 7) is 2.17. The van der Waals surface area contributed by atoms with Crippen LogP contribution in [0.2, 0.25) is 0 Å². The van der Waals surface area contributed by atoms with Crippen molar-refractivity contribution in [3.05, 3.63) is 15.0 Å². The van der Waals surface area contributed by atoms with E-state index in [-0.39, 0.29) is 0 Å². The van der Waals surface area contributed by atoms with Crippen molar-refractivity contribution in [1.82, 2.24) is 4.98 Å². The first-order valence-corrected chi connectivity index (χ1v) is 4.54. The Balaban J connectivity index is 2.61. The van der Waals surface area contributed by atoms with Crippen LogP contribution >= 0.6 is 27.3 Å². The first-order chi connectivity index (χ1) is 4.33. The van der Waals surface area contributed by atoms with Crippen molar-refractivity contribution in [2.75, 3.05) is 0 Å². The molecule has 1 aromatic heterocycles. The van der Waals surface area contributed by atoms with Crippen LogP contribution in [0.1, 0.15) is 18.2 Å². The molecule has 0 N–H and O–H groups in total. The maximum Gasteiger partial charge on any atom is 0.159 e. The Hall–Kier alpha value is 0.110. The molecule has 0 radical (unpaired) electrons. The molecule has 0 fully saturated rings. The third-order valence-corrected chi connectivity index (χ3v) is 2.56. The van der Waals surface area contributed by atoms with Gasteiger partial charge >= 0.3 is 0 Å². The van der Waals surface area contributed by atoms with Crippen LogP contribution in [0, 0.1) is 0 Å². The summed E-state index contributed by atoms with van der Waals surface area (Å²) >= 11 is 5.03. The molecule has 0 bridgehead atoms. The van der Waals surface area contributed by atoms with Gasteiger partial charge in [0.2, 0.25) is 0 Å². The summed E-state index contributed by atoms with van der Waals surface area (Å²) in [6.07, 6.45) is 4.29. The Kier molecular flexibility index (Phi) is 2.66. The zero-order valence-electron chi connectivity index (χ0n) is 5.22. The molecule has 0 aliphatic carbocycles. The summed E-state index contributed by atoms with van der Waals surface area (Å²) in [6, 6.07) is 0. The first-order valence-electron chi connectivity index (χ1n) is 2.93. The molecule has 0 unspecified atom stereocenters. The van der Waals surface area contributed by atoms with Gasteiger partial charge in [0, 0.05) is 11.1 Å². The molecule has 1 rings (SSSR count). The Bertz CT molecular complexity index is 185. The summed E-state index contributed by atoms with van der Waals surface area (Å²) in [5.74, 6) is 0. The fourth-order valence-corrected chi connectivity index (χ4v) is 2.11. The monoisotopic (exact) mass is 205 g/mol. The molecule has 9 heavy (non-hydrogen) atoms. The summed E-state index contributed by atoms with van der Waals surface area (Å²) in [5.41, 5.74) is 0. The number of thiazole rings is 1. The van der Waals surface area contributed by atoms with E-state index >= 15 is 0 Å². The van der Waals surface area contributed by atoms with Crippen LogP contribution < -0.4 is 0 Å². The second-order valence-electron chi connectivity index (χ2n) is 1.83. The predicted octanol–water partition coefficient (Wildman–Crippen LogP) is 2.86. The van der Waals surface area contributed by atoms with Gasteiger partial charge < -0.3 is 0 Å². The van der Waals surface area contributed by atoms with E-state index in [9.17, 15) is 0 Å². The van der Waals surface area contributed by atoms with Crippen LogP contribution in [-0.2, 0) is 6.42 Å². The fourth-order valence-electron chi connectivity index (χ4n) is 0.646. The van der Waals surface area contributed by atoms with E-state index in [1.165, 1.54) is 11.3 Å². The predicted molar refractivity (Wildman–Crippen MR) is 43.8 cm³/mol. The van der Waals surface area contributed by atoms with E-state index in [0.717, 1.165) is 10.3 Å². The number of hydrogen-bond acceptors (Lipinski definition) is 2. The van der Waals surface area contributed by atoms with Gasteiger partial charge in [-0.05, 0) is 22.4 Å². The van der Waals surface area contributed by atoms with Crippen LogP contribution in [0.25, 0.3) is 0 Å². The molecule has 0 spiro atoms. The Morgan fingerprint density at radius 1 is 1.78 bits per heavy atom. The Morgan fingerprint density at radius 2 is 2.56 bits per heavy atom. The molecular weight excluding hydrogens is 198 g/mol. The number of aromatic nitrogens is 1. The molecule has 1 heterocycles. The highest BCUT2D eigenvalue weighted by Gasteiger charge is 1.95. The molecular formula is C6H8BrNS. The lowest BCUT2D eigenvalue weighted by Crippen LogP contribution is -1.72.